The summed E-state index contributed by atoms with van der Waals surface area (Å²) in [5.41, 5.74) is 1.97. The van der Waals surface area contributed by atoms with Crippen LogP contribution in [-0.2, 0) is 15.3 Å². The third-order valence-electron chi connectivity index (χ3n) is 3.25. The number of carbonyl (C=O) groups is 1. The van der Waals surface area contributed by atoms with E-state index >= 15 is 0 Å². The number of ether oxygens (including phenoxy) is 2. The van der Waals surface area contributed by atoms with Crippen LogP contribution in [-0.4, -0.2) is 13.1 Å². The molecule has 2 aromatic rings. The second-order valence-corrected chi connectivity index (χ2v) is 4.70. The Morgan fingerprint density at radius 1 is 1.11 bits per heavy atom. The molecule has 1 aliphatic rings. The summed E-state index contributed by atoms with van der Waals surface area (Å²) in [7, 11) is 1.52. The molecular formula is C15H11ClO3. The lowest BCUT2D eigenvalue weighted by molar-refractivity contribution is -0.154. The van der Waals surface area contributed by atoms with Crippen molar-refractivity contribution in [1.82, 2.24) is 0 Å². The maximum atomic E-state index is 12.0. The maximum Gasteiger partial charge on any atom is 0.341 e. The highest BCUT2D eigenvalue weighted by Crippen LogP contribution is 2.42. The first-order valence-corrected chi connectivity index (χ1v) is 6.19. The van der Waals surface area contributed by atoms with Crippen LogP contribution < -0.4 is 0 Å². The minimum absolute atomic E-state index is 0.382. The Morgan fingerprint density at radius 2 is 1.79 bits per heavy atom. The quantitative estimate of drug-likeness (QED) is 0.788. The van der Waals surface area contributed by atoms with Crippen LogP contribution in [0.15, 0.2) is 48.5 Å². The Morgan fingerprint density at radius 3 is 2.47 bits per heavy atom. The van der Waals surface area contributed by atoms with Gasteiger partial charge in [-0.1, -0.05) is 41.9 Å². The fourth-order valence-electron chi connectivity index (χ4n) is 2.34. The molecule has 0 amide bonds. The molecule has 0 N–H and O–H groups in total. The second kappa shape index (κ2) is 4.37. The Kier molecular flexibility index (Phi) is 2.81. The van der Waals surface area contributed by atoms with Gasteiger partial charge in [0.05, 0.1) is 5.56 Å². The molecule has 1 aliphatic heterocycles. The Balaban J connectivity index is 2.21. The number of rotatable bonds is 2. The zero-order valence-corrected chi connectivity index (χ0v) is 11.0. The van der Waals surface area contributed by atoms with Crippen LogP contribution in [0, 0.1) is 0 Å². The standard InChI is InChI=1S/C15H11ClO3/c1-18-15(10-6-8-11(16)9-7-10)13-5-3-2-4-12(13)14(17)19-15/h2-9H,1H3/t15-/m0/s1. The van der Waals surface area contributed by atoms with Crippen molar-refractivity contribution in [3.8, 4) is 0 Å². The number of halogens is 1. The molecular weight excluding hydrogens is 264 g/mol. The zero-order valence-electron chi connectivity index (χ0n) is 10.2. The van der Waals surface area contributed by atoms with E-state index < -0.39 is 5.79 Å². The molecule has 3 rings (SSSR count). The molecule has 1 heterocycles. The van der Waals surface area contributed by atoms with Gasteiger partial charge in [0.1, 0.15) is 0 Å². The van der Waals surface area contributed by atoms with Gasteiger partial charge in [-0.15, -0.1) is 0 Å². The maximum absolute atomic E-state index is 12.0. The van der Waals surface area contributed by atoms with E-state index in [1.807, 2.05) is 12.1 Å². The van der Waals surface area contributed by atoms with Gasteiger partial charge in [0.2, 0.25) is 0 Å². The summed E-state index contributed by atoms with van der Waals surface area (Å²) in [4.78, 5) is 12.0. The molecule has 0 aliphatic carbocycles. The normalized spacial score (nSPS) is 21.1. The third-order valence-corrected chi connectivity index (χ3v) is 3.50. The lowest BCUT2D eigenvalue weighted by atomic mass is 9.95. The Labute approximate surface area is 115 Å². The van der Waals surface area contributed by atoms with Crippen LogP contribution in [0.3, 0.4) is 0 Å². The Bertz CT molecular complexity index is 636. The average Bonchev–Trinajstić information content (AvgIpc) is 2.74. The first-order valence-electron chi connectivity index (χ1n) is 5.81. The van der Waals surface area contributed by atoms with E-state index in [9.17, 15) is 4.79 Å². The van der Waals surface area contributed by atoms with Crippen LogP contribution in [0.5, 0.6) is 0 Å². The molecule has 0 fully saturated rings. The number of esters is 1. The monoisotopic (exact) mass is 274 g/mol. The molecule has 0 spiro atoms. The van der Waals surface area contributed by atoms with Crippen LogP contribution in [0.2, 0.25) is 5.02 Å². The fourth-order valence-corrected chi connectivity index (χ4v) is 2.47. The minimum Gasteiger partial charge on any atom is -0.420 e. The molecule has 96 valence electrons. The highest BCUT2D eigenvalue weighted by atomic mass is 35.5. The first-order chi connectivity index (χ1) is 9.17. The van der Waals surface area contributed by atoms with Gasteiger partial charge in [-0.25, -0.2) is 4.79 Å². The van der Waals surface area contributed by atoms with E-state index in [1.54, 1.807) is 36.4 Å². The average molecular weight is 275 g/mol. The lowest BCUT2D eigenvalue weighted by Gasteiger charge is -2.27. The van der Waals surface area contributed by atoms with Gasteiger partial charge >= 0.3 is 5.97 Å². The summed E-state index contributed by atoms with van der Waals surface area (Å²) in [6.45, 7) is 0. The van der Waals surface area contributed by atoms with Crippen molar-refractivity contribution in [2.45, 2.75) is 5.79 Å². The van der Waals surface area contributed by atoms with Crippen molar-refractivity contribution >= 4 is 17.6 Å². The topological polar surface area (TPSA) is 35.5 Å². The van der Waals surface area contributed by atoms with Gasteiger partial charge < -0.3 is 9.47 Å². The zero-order chi connectivity index (χ0) is 13.5. The third kappa shape index (κ3) is 1.74. The van der Waals surface area contributed by atoms with Gasteiger partial charge in [0, 0.05) is 23.3 Å². The number of hydrogen-bond donors (Lipinski definition) is 0. The van der Waals surface area contributed by atoms with Crippen molar-refractivity contribution in [3.63, 3.8) is 0 Å². The number of methoxy groups -OCH3 is 1. The predicted octanol–water partition coefficient (Wildman–Crippen LogP) is 3.36. The van der Waals surface area contributed by atoms with Gasteiger partial charge in [0.15, 0.2) is 0 Å². The highest BCUT2D eigenvalue weighted by molar-refractivity contribution is 6.30. The summed E-state index contributed by atoms with van der Waals surface area (Å²) in [5.74, 6) is -1.56. The van der Waals surface area contributed by atoms with Gasteiger partial charge in [-0.3, -0.25) is 0 Å². The van der Waals surface area contributed by atoms with E-state index in [2.05, 4.69) is 0 Å². The van der Waals surface area contributed by atoms with E-state index in [0.29, 0.717) is 16.1 Å². The number of carbonyl (C=O) groups excluding carboxylic acids is 1. The smallest absolute Gasteiger partial charge is 0.341 e. The molecule has 0 unspecified atom stereocenters. The van der Waals surface area contributed by atoms with E-state index in [1.165, 1.54) is 7.11 Å². The fraction of sp³-hybridized carbons (Fsp3) is 0.133. The van der Waals surface area contributed by atoms with Gasteiger partial charge in [0.25, 0.3) is 5.79 Å². The number of hydrogen-bond acceptors (Lipinski definition) is 3. The molecule has 4 heteroatoms. The predicted molar refractivity (Wildman–Crippen MR) is 71.1 cm³/mol. The SMILES string of the molecule is CO[C@@]1(c2ccc(Cl)cc2)OC(=O)c2ccccc21. The van der Waals surface area contributed by atoms with Crippen molar-refractivity contribution in [1.29, 1.82) is 0 Å². The van der Waals surface area contributed by atoms with Crippen LogP contribution >= 0.6 is 11.6 Å². The van der Waals surface area contributed by atoms with Crippen molar-refractivity contribution in [2.24, 2.45) is 0 Å². The summed E-state index contributed by atoms with van der Waals surface area (Å²) in [5, 5.41) is 0.618. The van der Waals surface area contributed by atoms with Crippen molar-refractivity contribution in [3.05, 3.63) is 70.2 Å². The van der Waals surface area contributed by atoms with E-state index in [0.717, 1.165) is 5.56 Å². The van der Waals surface area contributed by atoms with Crippen LogP contribution in [0.25, 0.3) is 0 Å². The first kappa shape index (κ1) is 12.2. The summed E-state index contributed by atoms with van der Waals surface area (Å²) >= 11 is 5.89. The van der Waals surface area contributed by atoms with Gasteiger partial charge in [-0.2, -0.15) is 0 Å². The van der Waals surface area contributed by atoms with Gasteiger partial charge in [-0.05, 0) is 18.2 Å². The molecule has 1 atom stereocenters. The highest BCUT2D eigenvalue weighted by Gasteiger charge is 2.47. The van der Waals surface area contributed by atoms with Crippen molar-refractivity contribution < 1.29 is 14.3 Å². The van der Waals surface area contributed by atoms with E-state index in [4.69, 9.17) is 21.1 Å². The van der Waals surface area contributed by atoms with Crippen LogP contribution in [0.1, 0.15) is 21.5 Å². The molecule has 0 saturated carbocycles. The summed E-state index contributed by atoms with van der Waals surface area (Å²) in [6.07, 6.45) is 0. The van der Waals surface area contributed by atoms with Crippen molar-refractivity contribution in [2.75, 3.05) is 7.11 Å². The molecule has 19 heavy (non-hydrogen) atoms. The molecule has 2 aromatic carbocycles. The number of benzene rings is 2. The lowest BCUT2D eigenvalue weighted by Crippen LogP contribution is -2.30. The largest absolute Gasteiger partial charge is 0.420 e. The Hall–Kier alpha value is -1.84. The summed E-state index contributed by atoms with van der Waals surface area (Å²) < 4.78 is 11.0. The van der Waals surface area contributed by atoms with E-state index in [-0.39, 0.29) is 5.97 Å². The number of fused-ring (bicyclic) bond motifs is 1. The molecule has 0 aromatic heterocycles. The summed E-state index contributed by atoms with van der Waals surface area (Å²) in [6, 6.07) is 14.3. The minimum atomic E-state index is -1.18. The molecule has 3 nitrogen and oxygen atoms in total. The number of cyclic esters (lactones) is 1. The second-order valence-electron chi connectivity index (χ2n) is 4.26. The molecule has 0 radical (unpaired) electrons. The molecule has 0 bridgehead atoms. The van der Waals surface area contributed by atoms with Crippen LogP contribution in [0.4, 0.5) is 0 Å². The molecule has 0 saturated heterocycles.